The van der Waals surface area contributed by atoms with Crippen LogP contribution in [0.2, 0.25) is 10.0 Å². The molecule has 2 heterocycles. The zero-order valence-corrected chi connectivity index (χ0v) is 19.2. The molecule has 2 aromatic carbocycles. The van der Waals surface area contributed by atoms with Gasteiger partial charge in [0.15, 0.2) is 0 Å². The minimum Gasteiger partial charge on any atom is -0.284 e. The number of rotatable bonds is 5. The van der Waals surface area contributed by atoms with Crippen LogP contribution in [0.4, 0.5) is 5.69 Å². The molecule has 2 aromatic rings. The Kier molecular flexibility index (Phi) is 7.16. The Morgan fingerprint density at radius 2 is 1.77 bits per heavy atom. The second-order valence-corrected chi connectivity index (χ2v) is 8.98. The quantitative estimate of drug-likeness (QED) is 0.611. The lowest BCUT2D eigenvalue weighted by Crippen LogP contribution is -2.47. The lowest BCUT2D eigenvalue weighted by Gasteiger charge is -2.29. The van der Waals surface area contributed by atoms with E-state index in [9.17, 15) is 4.79 Å². The lowest BCUT2D eigenvalue weighted by atomic mass is 9.87. The molecule has 0 bridgehead atoms. The van der Waals surface area contributed by atoms with Crippen LogP contribution in [0.3, 0.4) is 0 Å². The van der Waals surface area contributed by atoms with Crippen molar-refractivity contribution in [2.75, 3.05) is 18.1 Å². The number of hydrazone groups is 1. The molecule has 31 heavy (non-hydrogen) atoms. The summed E-state index contributed by atoms with van der Waals surface area (Å²) in [5, 5.41) is 9.85. The molecular weight excluding hydrogens is 431 g/mol. The van der Waals surface area contributed by atoms with Gasteiger partial charge in [0.1, 0.15) is 5.71 Å². The van der Waals surface area contributed by atoms with Crippen molar-refractivity contribution >= 4 is 40.5 Å². The number of benzene rings is 2. The number of carbonyl (C=O) groups is 1. The number of anilines is 1. The maximum absolute atomic E-state index is 13.3. The van der Waals surface area contributed by atoms with Gasteiger partial charge in [0.2, 0.25) is 0 Å². The van der Waals surface area contributed by atoms with Crippen molar-refractivity contribution in [3.05, 3.63) is 64.1 Å². The van der Waals surface area contributed by atoms with Gasteiger partial charge in [-0.05, 0) is 43.0 Å². The molecule has 0 radical (unpaired) electrons. The molecule has 1 N–H and O–H groups in total. The van der Waals surface area contributed by atoms with Crippen LogP contribution >= 0.6 is 23.2 Å². The van der Waals surface area contributed by atoms with Gasteiger partial charge in [-0.25, -0.2) is 5.01 Å². The van der Waals surface area contributed by atoms with E-state index in [1.165, 1.54) is 12.8 Å². The molecule has 0 aromatic heterocycles. The molecule has 7 heteroatoms. The Bertz CT molecular complexity index is 942. The number of amides is 1. The molecular formula is C24H28Cl2N4O. The Hall–Kier alpha value is -2.08. The minimum absolute atomic E-state index is 0.0545. The molecule has 2 aliphatic rings. The summed E-state index contributed by atoms with van der Waals surface area (Å²) >= 11 is 12.7. The highest BCUT2D eigenvalue weighted by molar-refractivity contribution is 6.41. The third kappa shape index (κ3) is 4.89. The van der Waals surface area contributed by atoms with Gasteiger partial charge in [-0.3, -0.25) is 15.2 Å². The van der Waals surface area contributed by atoms with E-state index in [0.717, 1.165) is 43.6 Å². The average molecular weight is 459 g/mol. The molecule has 1 amide bonds. The number of nitrogens with one attached hydrogen (secondary N) is 1. The maximum atomic E-state index is 13.3. The predicted molar refractivity (Wildman–Crippen MR) is 128 cm³/mol. The Balaban J connectivity index is 1.69. The Labute approximate surface area is 194 Å². The van der Waals surface area contributed by atoms with Crippen LogP contribution in [-0.2, 0) is 4.79 Å². The molecule has 2 aliphatic heterocycles. The van der Waals surface area contributed by atoms with Crippen LogP contribution in [0.5, 0.6) is 0 Å². The zero-order valence-electron chi connectivity index (χ0n) is 17.7. The second kappa shape index (κ2) is 10.0. The molecule has 2 unspecified atom stereocenters. The number of hydrogen-bond donors (Lipinski definition) is 1. The predicted octanol–water partition coefficient (Wildman–Crippen LogP) is 5.84. The van der Waals surface area contributed by atoms with Crippen molar-refractivity contribution in [1.82, 2.24) is 10.4 Å². The van der Waals surface area contributed by atoms with Gasteiger partial charge in [0.25, 0.3) is 5.91 Å². The number of hydrogen-bond acceptors (Lipinski definition) is 4. The van der Waals surface area contributed by atoms with Crippen molar-refractivity contribution < 1.29 is 4.79 Å². The summed E-state index contributed by atoms with van der Waals surface area (Å²) in [5.74, 6) is -0.177. The van der Waals surface area contributed by atoms with Crippen molar-refractivity contribution in [1.29, 1.82) is 0 Å². The summed E-state index contributed by atoms with van der Waals surface area (Å²) in [5.41, 5.74) is 5.51. The summed E-state index contributed by atoms with van der Waals surface area (Å²) in [4.78, 5) is 13.3. The Morgan fingerprint density at radius 1 is 1.06 bits per heavy atom. The van der Waals surface area contributed by atoms with Gasteiger partial charge >= 0.3 is 0 Å². The second-order valence-electron chi connectivity index (χ2n) is 8.14. The van der Waals surface area contributed by atoms with E-state index in [2.05, 4.69) is 24.5 Å². The number of nitrogens with zero attached hydrogens (tertiary/aromatic N) is 3. The van der Waals surface area contributed by atoms with Crippen molar-refractivity contribution in [2.45, 2.75) is 45.1 Å². The van der Waals surface area contributed by atoms with Crippen LogP contribution in [0.25, 0.3) is 0 Å². The van der Waals surface area contributed by atoms with Gasteiger partial charge in [0.05, 0.1) is 16.8 Å². The molecule has 1 fully saturated rings. The van der Waals surface area contributed by atoms with Gasteiger partial charge in [-0.1, -0.05) is 73.3 Å². The average Bonchev–Trinajstić information content (AvgIpc) is 2.96. The van der Waals surface area contributed by atoms with E-state index in [0.29, 0.717) is 15.8 Å². The molecule has 164 valence electrons. The van der Waals surface area contributed by atoms with Gasteiger partial charge < -0.3 is 0 Å². The molecule has 1 saturated heterocycles. The van der Waals surface area contributed by atoms with Crippen molar-refractivity contribution in [3.8, 4) is 0 Å². The topological polar surface area (TPSA) is 47.9 Å². The monoisotopic (exact) mass is 458 g/mol. The van der Waals surface area contributed by atoms with Crippen LogP contribution < -0.4 is 10.4 Å². The highest BCUT2D eigenvalue weighted by Gasteiger charge is 2.41. The highest BCUT2D eigenvalue weighted by Crippen LogP contribution is 2.43. The first kappa shape index (κ1) is 22.1. The van der Waals surface area contributed by atoms with Crippen LogP contribution in [0.15, 0.2) is 53.6 Å². The third-order valence-corrected chi connectivity index (χ3v) is 6.58. The fourth-order valence-electron chi connectivity index (χ4n) is 4.48. The third-order valence-electron chi connectivity index (χ3n) is 6.05. The molecule has 2 atom stereocenters. The molecule has 0 saturated carbocycles. The van der Waals surface area contributed by atoms with Gasteiger partial charge in [0, 0.05) is 24.0 Å². The number of hydrazine groups is 1. The normalized spacial score (nSPS) is 22.2. The van der Waals surface area contributed by atoms with E-state index < -0.39 is 0 Å². The Morgan fingerprint density at radius 3 is 2.42 bits per heavy atom. The maximum Gasteiger partial charge on any atom is 0.282 e. The van der Waals surface area contributed by atoms with E-state index in [4.69, 9.17) is 28.3 Å². The smallest absolute Gasteiger partial charge is 0.282 e. The van der Waals surface area contributed by atoms with E-state index >= 15 is 0 Å². The minimum atomic E-state index is -0.123. The lowest BCUT2D eigenvalue weighted by molar-refractivity contribution is -0.119. The van der Waals surface area contributed by atoms with E-state index in [1.54, 1.807) is 12.1 Å². The van der Waals surface area contributed by atoms with Gasteiger partial charge in [-0.15, -0.1) is 0 Å². The van der Waals surface area contributed by atoms with E-state index in [-0.39, 0.29) is 17.9 Å². The van der Waals surface area contributed by atoms with Crippen LogP contribution in [0.1, 0.15) is 50.6 Å². The zero-order chi connectivity index (χ0) is 21.8. The highest BCUT2D eigenvalue weighted by atomic mass is 35.5. The fourth-order valence-corrected chi connectivity index (χ4v) is 4.98. The van der Waals surface area contributed by atoms with Crippen molar-refractivity contribution in [2.24, 2.45) is 11.0 Å². The SMILES string of the molecule is CCC1C(C(=O)NN2CCCCCC2)=NN(c2ccc(Cl)cc2Cl)C1c1ccccc1. The number of halogens is 2. The molecule has 5 nitrogen and oxygen atoms in total. The summed E-state index contributed by atoms with van der Waals surface area (Å²) in [6, 6.07) is 15.4. The summed E-state index contributed by atoms with van der Waals surface area (Å²) in [7, 11) is 0. The van der Waals surface area contributed by atoms with Crippen LogP contribution in [-0.4, -0.2) is 29.7 Å². The fraction of sp³-hybridized carbons (Fsp3) is 0.417. The summed E-state index contributed by atoms with van der Waals surface area (Å²) in [6.07, 6.45) is 5.41. The van der Waals surface area contributed by atoms with E-state index in [1.807, 2.05) is 34.3 Å². The first-order chi connectivity index (χ1) is 15.1. The molecule has 0 aliphatic carbocycles. The van der Waals surface area contributed by atoms with Gasteiger partial charge in [-0.2, -0.15) is 5.10 Å². The molecule has 0 spiro atoms. The largest absolute Gasteiger partial charge is 0.284 e. The molecule has 4 rings (SSSR count). The first-order valence-electron chi connectivity index (χ1n) is 11.0. The summed E-state index contributed by atoms with van der Waals surface area (Å²) < 4.78 is 0. The van der Waals surface area contributed by atoms with Crippen molar-refractivity contribution in [3.63, 3.8) is 0 Å². The standard InChI is InChI=1S/C24H28Cl2N4O/c1-2-19-22(24(31)28-29-14-8-3-4-9-15-29)27-30(21-13-12-18(25)16-20(21)26)23(19)17-10-6-5-7-11-17/h5-7,10-13,16,19,23H,2-4,8-9,14-15H2,1H3,(H,28,31). The summed E-state index contributed by atoms with van der Waals surface area (Å²) in [6.45, 7) is 3.86. The first-order valence-corrected chi connectivity index (χ1v) is 11.8. The number of carbonyl (C=O) groups excluding carboxylic acids is 1. The van der Waals surface area contributed by atoms with Crippen LogP contribution in [0, 0.1) is 5.92 Å².